The van der Waals surface area contributed by atoms with E-state index in [-0.39, 0.29) is 17.8 Å². The van der Waals surface area contributed by atoms with Crippen molar-refractivity contribution in [2.45, 2.75) is 6.92 Å². The highest BCUT2D eigenvalue weighted by Crippen LogP contribution is 2.27. The van der Waals surface area contributed by atoms with Crippen LogP contribution in [0.25, 0.3) is 22.4 Å². The van der Waals surface area contributed by atoms with Crippen molar-refractivity contribution in [1.82, 2.24) is 20.8 Å². The molecule has 2 heterocycles. The van der Waals surface area contributed by atoms with Crippen LogP contribution in [-0.2, 0) is 9.53 Å². The highest BCUT2D eigenvalue weighted by molar-refractivity contribution is 6.05. The van der Waals surface area contributed by atoms with Gasteiger partial charge in [-0.25, -0.2) is 14.6 Å². The molecule has 148 valence electrons. The summed E-state index contributed by atoms with van der Waals surface area (Å²) in [5.74, 6) is -1.53. The fourth-order valence-electron chi connectivity index (χ4n) is 2.59. The maximum Gasteiger partial charge on any atom is 0.339 e. The molecule has 0 aliphatic carbocycles. The van der Waals surface area contributed by atoms with E-state index in [4.69, 9.17) is 9.26 Å². The number of hydrogen-bond donors (Lipinski definition) is 2. The molecule has 0 bridgehead atoms. The lowest BCUT2D eigenvalue weighted by Crippen LogP contribution is -2.41. The Balaban J connectivity index is 1.80. The van der Waals surface area contributed by atoms with E-state index in [1.165, 1.54) is 6.08 Å². The number of carbonyl (C=O) groups excluding carboxylic acids is 3. The maximum atomic E-state index is 12.6. The maximum absolute atomic E-state index is 12.6. The van der Waals surface area contributed by atoms with Gasteiger partial charge in [-0.1, -0.05) is 41.6 Å². The van der Waals surface area contributed by atoms with Crippen molar-refractivity contribution in [2.24, 2.45) is 0 Å². The molecule has 2 N–H and O–H groups in total. The number of ether oxygens (including phenoxy) is 1. The summed E-state index contributed by atoms with van der Waals surface area (Å²) in [5, 5.41) is 8.68. The van der Waals surface area contributed by atoms with E-state index >= 15 is 0 Å². The molecule has 1 aromatic carbocycles. The number of aromatic nitrogens is 2. The summed E-state index contributed by atoms with van der Waals surface area (Å²) < 4.78 is 10.3. The predicted molar refractivity (Wildman–Crippen MR) is 104 cm³/mol. The third kappa shape index (κ3) is 4.64. The number of fused-ring (bicyclic) bond motifs is 1. The van der Waals surface area contributed by atoms with Crippen LogP contribution in [-0.4, -0.2) is 41.2 Å². The quantitative estimate of drug-likeness (QED) is 0.486. The number of benzene rings is 1. The van der Waals surface area contributed by atoms with Gasteiger partial charge in [-0.15, -0.1) is 6.58 Å². The van der Waals surface area contributed by atoms with Crippen molar-refractivity contribution in [3.05, 3.63) is 60.3 Å². The minimum atomic E-state index is -0.768. The summed E-state index contributed by atoms with van der Waals surface area (Å²) >= 11 is 0. The second-order valence-corrected chi connectivity index (χ2v) is 5.99. The number of nitrogens with zero attached hydrogens (tertiary/aromatic N) is 2. The number of imide groups is 1. The Kier molecular flexibility index (Phi) is 5.98. The molecular formula is C20H18N4O5. The van der Waals surface area contributed by atoms with Gasteiger partial charge in [-0.2, -0.15) is 0 Å². The highest BCUT2D eigenvalue weighted by atomic mass is 16.5. The molecule has 0 radical (unpaired) electrons. The van der Waals surface area contributed by atoms with Crippen LogP contribution in [0.3, 0.4) is 0 Å². The summed E-state index contributed by atoms with van der Waals surface area (Å²) in [6, 6.07) is 10.1. The van der Waals surface area contributed by atoms with Crippen LogP contribution in [0, 0.1) is 6.92 Å². The number of carbonyl (C=O) groups is 3. The standard InChI is InChI=1S/C20H18N4O5/c1-3-9-21-20(27)23-16(25)11-28-19(26)14-10-15(13-7-5-4-6-8-13)22-18-17(14)12(2)24-29-18/h3-8,10H,1,9,11H2,2H3,(H2,21,23,25,27). The predicted octanol–water partition coefficient (Wildman–Crippen LogP) is 2.37. The Morgan fingerprint density at radius 1 is 1.24 bits per heavy atom. The van der Waals surface area contributed by atoms with Crippen molar-refractivity contribution >= 4 is 29.0 Å². The monoisotopic (exact) mass is 394 g/mol. The second-order valence-electron chi connectivity index (χ2n) is 5.99. The number of aryl methyl sites for hydroxylation is 1. The van der Waals surface area contributed by atoms with Gasteiger partial charge in [-0.3, -0.25) is 10.1 Å². The zero-order valence-corrected chi connectivity index (χ0v) is 15.6. The molecule has 3 aromatic rings. The van der Waals surface area contributed by atoms with Gasteiger partial charge in [0.25, 0.3) is 11.6 Å². The third-order valence-corrected chi connectivity index (χ3v) is 3.90. The van der Waals surface area contributed by atoms with Crippen molar-refractivity contribution in [3.63, 3.8) is 0 Å². The Morgan fingerprint density at radius 3 is 2.72 bits per heavy atom. The molecule has 0 saturated carbocycles. The lowest BCUT2D eigenvalue weighted by atomic mass is 10.1. The largest absolute Gasteiger partial charge is 0.452 e. The Bertz CT molecular complexity index is 1080. The topological polar surface area (TPSA) is 123 Å². The van der Waals surface area contributed by atoms with Crippen molar-refractivity contribution < 1.29 is 23.6 Å². The van der Waals surface area contributed by atoms with Gasteiger partial charge in [0.05, 0.1) is 22.3 Å². The molecule has 9 nitrogen and oxygen atoms in total. The van der Waals surface area contributed by atoms with E-state index in [2.05, 4.69) is 22.0 Å². The lowest BCUT2D eigenvalue weighted by molar-refractivity contribution is -0.123. The first-order chi connectivity index (χ1) is 14.0. The van der Waals surface area contributed by atoms with Crippen LogP contribution in [0.15, 0.2) is 53.6 Å². The number of nitrogens with one attached hydrogen (secondary N) is 2. The van der Waals surface area contributed by atoms with Gasteiger partial charge >= 0.3 is 12.0 Å². The molecule has 0 spiro atoms. The van der Waals surface area contributed by atoms with Crippen LogP contribution in [0.1, 0.15) is 16.1 Å². The first-order valence-electron chi connectivity index (χ1n) is 8.67. The number of pyridine rings is 1. The third-order valence-electron chi connectivity index (χ3n) is 3.90. The molecule has 0 saturated heterocycles. The number of amides is 3. The van der Waals surface area contributed by atoms with Crippen molar-refractivity contribution in [3.8, 4) is 11.3 Å². The molecular weight excluding hydrogens is 376 g/mol. The summed E-state index contributed by atoms with van der Waals surface area (Å²) in [6.45, 7) is 4.68. The first-order valence-corrected chi connectivity index (χ1v) is 8.67. The molecule has 2 aromatic heterocycles. The second kappa shape index (κ2) is 8.79. The van der Waals surface area contributed by atoms with Gasteiger partial charge in [0.1, 0.15) is 0 Å². The van der Waals surface area contributed by atoms with Gasteiger partial charge in [-0.05, 0) is 13.0 Å². The van der Waals surface area contributed by atoms with E-state index in [1.807, 2.05) is 35.6 Å². The fourth-order valence-corrected chi connectivity index (χ4v) is 2.59. The summed E-state index contributed by atoms with van der Waals surface area (Å²) in [6.07, 6.45) is 1.46. The van der Waals surface area contributed by atoms with E-state index in [9.17, 15) is 14.4 Å². The fraction of sp³-hybridized carbons (Fsp3) is 0.150. The van der Waals surface area contributed by atoms with Gasteiger partial charge in [0.2, 0.25) is 0 Å². The van der Waals surface area contributed by atoms with Crippen LogP contribution in [0.5, 0.6) is 0 Å². The summed E-state index contributed by atoms with van der Waals surface area (Å²) in [5.41, 5.74) is 2.08. The van der Waals surface area contributed by atoms with E-state index < -0.39 is 24.5 Å². The smallest absolute Gasteiger partial charge is 0.339 e. The van der Waals surface area contributed by atoms with Crippen LogP contribution in [0.2, 0.25) is 0 Å². The van der Waals surface area contributed by atoms with Crippen LogP contribution >= 0.6 is 0 Å². The number of rotatable bonds is 6. The average molecular weight is 394 g/mol. The molecule has 3 rings (SSSR count). The Labute approximate surface area is 165 Å². The molecule has 9 heteroatoms. The lowest BCUT2D eigenvalue weighted by Gasteiger charge is -2.08. The number of esters is 1. The number of urea groups is 1. The Morgan fingerprint density at radius 2 is 2.00 bits per heavy atom. The molecule has 0 aliphatic heterocycles. The normalized spacial score (nSPS) is 10.4. The van der Waals surface area contributed by atoms with E-state index in [0.717, 1.165) is 5.56 Å². The minimum absolute atomic E-state index is 0.163. The van der Waals surface area contributed by atoms with Crippen molar-refractivity contribution in [2.75, 3.05) is 13.2 Å². The van der Waals surface area contributed by atoms with Gasteiger partial charge in [0, 0.05) is 12.1 Å². The number of hydrogen-bond acceptors (Lipinski definition) is 7. The SMILES string of the molecule is C=CCNC(=O)NC(=O)COC(=O)c1cc(-c2ccccc2)nc2onc(C)c12. The Hall–Kier alpha value is -4.01. The summed E-state index contributed by atoms with van der Waals surface area (Å²) in [7, 11) is 0. The first kappa shape index (κ1) is 19.7. The molecule has 0 atom stereocenters. The molecule has 3 amide bonds. The van der Waals surface area contributed by atoms with Crippen LogP contribution in [0.4, 0.5) is 4.79 Å². The average Bonchev–Trinajstić information content (AvgIpc) is 3.11. The highest BCUT2D eigenvalue weighted by Gasteiger charge is 2.21. The van der Waals surface area contributed by atoms with Crippen molar-refractivity contribution in [1.29, 1.82) is 0 Å². The molecule has 29 heavy (non-hydrogen) atoms. The van der Waals surface area contributed by atoms with Gasteiger partial charge in [0.15, 0.2) is 6.61 Å². The van der Waals surface area contributed by atoms with Gasteiger partial charge < -0.3 is 14.6 Å². The molecule has 0 fully saturated rings. The summed E-state index contributed by atoms with van der Waals surface area (Å²) in [4.78, 5) is 40.3. The van der Waals surface area contributed by atoms with Crippen LogP contribution < -0.4 is 10.6 Å². The van der Waals surface area contributed by atoms with E-state index in [1.54, 1.807) is 13.0 Å². The molecule has 0 aliphatic rings. The molecule has 0 unspecified atom stereocenters. The zero-order valence-electron chi connectivity index (χ0n) is 15.6. The zero-order chi connectivity index (χ0) is 20.8. The minimum Gasteiger partial charge on any atom is -0.452 e. The van der Waals surface area contributed by atoms with E-state index in [0.29, 0.717) is 16.8 Å².